The Morgan fingerprint density at radius 3 is 2.53 bits per heavy atom. The molecule has 7 heteroatoms. The number of para-hydroxylation sites is 1. The lowest BCUT2D eigenvalue weighted by atomic mass is 10.1. The number of nitrogens with one attached hydrogen (secondary N) is 2. The first-order valence-corrected chi connectivity index (χ1v) is 10.8. The van der Waals surface area contributed by atoms with E-state index in [9.17, 15) is 14.4 Å². The van der Waals surface area contributed by atoms with Crippen LogP contribution < -0.4 is 16.2 Å². The highest BCUT2D eigenvalue weighted by atomic mass is 16.2. The van der Waals surface area contributed by atoms with Crippen LogP contribution in [0.4, 0.5) is 5.69 Å². The predicted octanol–water partition coefficient (Wildman–Crippen LogP) is 3.31. The topological polar surface area (TPSA) is 93.1 Å². The molecular formula is C25H26N4O3. The summed E-state index contributed by atoms with van der Waals surface area (Å²) < 4.78 is 1.27. The molecule has 0 unspecified atom stereocenters. The molecule has 1 aliphatic carbocycles. The Hall–Kier alpha value is -3.74. The van der Waals surface area contributed by atoms with Crippen LogP contribution in [0.3, 0.4) is 0 Å². The SMILES string of the molecule is CCc1cccc(C)c1NC(=O)Cn1c(-c2ccccc2)ncc(C(=O)NC2CC2)c1=O. The molecule has 2 amide bonds. The average molecular weight is 431 g/mol. The predicted molar refractivity (Wildman–Crippen MR) is 124 cm³/mol. The van der Waals surface area contributed by atoms with Crippen LogP contribution >= 0.6 is 0 Å². The lowest BCUT2D eigenvalue weighted by Crippen LogP contribution is -2.37. The van der Waals surface area contributed by atoms with Gasteiger partial charge in [-0.1, -0.05) is 55.5 Å². The molecule has 7 nitrogen and oxygen atoms in total. The van der Waals surface area contributed by atoms with E-state index in [2.05, 4.69) is 15.6 Å². The smallest absolute Gasteiger partial charge is 0.267 e. The number of carbonyl (C=O) groups excluding carboxylic acids is 2. The summed E-state index contributed by atoms with van der Waals surface area (Å²) in [6, 6.07) is 15.1. The maximum Gasteiger partial charge on any atom is 0.267 e. The highest BCUT2D eigenvalue weighted by Gasteiger charge is 2.26. The van der Waals surface area contributed by atoms with Gasteiger partial charge in [0.15, 0.2) is 0 Å². The Balaban J connectivity index is 1.70. The van der Waals surface area contributed by atoms with Crippen LogP contribution in [0.1, 0.15) is 41.3 Å². The van der Waals surface area contributed by atoms with Crippen molar-refractivity contribution in [2.45, 2.75) is 45.7 Å². The number of aromatic nitrogens is 2. The zero-order chi connectivity index (χ0) is 22.7. The van der Waals surface area contributed by atoms with Gasteiger partial charge in [0.1, 0.15) is 17.9 Å². The van der Waals surface area contributed by atoms with E-state index in [-0.39, 0.29) is 24.1 Å². The van der Waals surface area contributed by atoms with E-state index in [4.69, 9.17) is 0 Å². The lowest BCUT2D eigenvalue weighted by Gasteiger charge is -2.16. The summed E-state index contributed by atoms with van der Waals surface area (Å²) in [6.07, 6.45) is 3.89. The first kappa shape index (κ1) is 21.5. The first-order valence-electron chi connectivity index (χ1n) is 10.8. The summed E-state index contributed by atoms with van der Waals surface area (Å²) in [7, 11) is 0. The first-order chi connectivity index (χ1) is 15.5. The molecule has 32 heavy (non-hydrogen) atoms. The molecule has 0 spiro atoms. The number of hydrogen-bond donors (Lipinski definition) is 2. The van der Waals surface area contributed by atoms with Gasteiger partial charge in [0.05, 0.1) is 0 Å². The number of aryl methyl sites for hydroxylation is 2. The highest BCUT2D eigenvalue weighted by molar-refractivity contribution is 5.95. The lowest BCUT2D eigenvalue weighted by molar-refractivity contribution is -0.116. The molecular weight excluding hydrogens is 404 g/mol. The second-order valence-electron chi connectivity index (χ2n) is 8.01. The van der Waals surface area contributed by atoms with Crippen molar-refractivity contribution < 1.29 is 9.59 Å². The fourth-order valence-corrected chi connectivity index (χ4v) is 3.63. The number of hydrogen-bond acceptors (Lipinski definition) is 4. The van der Waals surface area contributed by atoms with Crippen LogP contribution in [-0.4, -0.2) is 27.4 Å². The van der Waals surface area contributed by atoms with Crippen molar-refractivity contribution in [2.24, 2.45) is 0 Å². The molecule has 2 aromatic carbocycles. The number of rotatable bonds is 7. The monoisotopic (exact) mass is 430 g/mol. The van der Waals surface area contributed by atoms with E-state index in [1.165, 1.54) is 10.8 Å². The van der Waals surface area contributed by atoms with Crippen LogP contribution in [-0.2, 0) is 17.8 Å². The second-order valence-corrected chi connectivity index (χ2v) is 8.01. The third-order valence-electron chi connectivity index (χ3n) is 5.54. The Bertz CT molecular complexity index is 1210. The Kier molecular flexibility index (Phi) is 6.16. The van der Waals surface area contributed by atoms with Crippen molar-refractivity contribution in [3.8, 4) is 11.4 Å². The standard InChI is InChI=1S/C25H26N4O3/c1-3-17-11-7-8-16(2)22(17)28-21(30)15-29-23(18-9-5-4-6-10-18)26-14-20(25(29)32)24(31)27-19-12-13-19/h4-11,14,19H,3,12-13,15H2,1-2H3,(H,27,31)(H,28,30). The van der Waals surface area contributed by atoms with Gasteiger partial charge in [0.25, 0.3) is 11.5 Å². The number of benzene rings is 2. The van der Waals surface area contributed by atoms with Crippen molar-refractivity contribution in [3.05, 3.63) is 81.8 Å². The average Bonchev–Trinajstić information content (AvgIpc) is 3.61. The molecule has 0 aliphatic heterocycles. The van der Waals surface area contributed by atoms with Crippen molar-refractivity contribution >= 4 is 17.5 Å². The summed E-state index contributed by atoms with van der Waals surface area (Å²) in [6.45, 7) is 3.70. The summed E-state index contributed by atoms with van der Waals surface area (Å²) in [5, 5.41) is 5.77. The molecule has 4 rings (SSSR count). The Morgan fingerprint density at radius 2 is 1.84 bits per heavy atom. The van der Waals surface area contributed by atoms with Gasteiger partial charge < -0.3 is 10.6 Å². The molecule has 0 atom stereocenters. The van der Waals surface area contributed by atoms with Gasteiger partial charge in [-0.05, 0) is 37.3 Å². The van der Waals surface area contributed by atoms with E-state index >= 15 is 0 Å². The van der Waals surface area contributed by atoms with Crippen LogP contribution in [0.5, 0.6) is 0 Å². The van der Waals surface area contributed by atoms with Crippen LogP contribution in [0.2, 0.25) is 0 Å². The number of carbonyl (C=O) groups is 2. The molecule has 0 saturated heterocycles. The van der Waals surface area contributed by atoms with E-state index < -0.39 is 11.5 Å². The van der Waals surface area contributed by atoms with Crippen LogP contribution in [0, 0.1) is 6.92 Å². The second kappa shape index (κ2) is 9.18. The van der Waals surface area contributed by atoms with Gasteiger partial charge in [-0.25, -0.2) is 4.98 Å². The number of nitrogens with zero attached hydrogens (tertiary/aromatic N) is 2. The fraction of sp³-hybridized carbons (Fsp3) is 0.280. The minimum atomic E-state index is -0.535. The minimum absolute atomic E-state index is 0.0606. The Morgan fingerprint density at radius 1 is 1.09 bits per heavy atom. The highest BCUT2D eigenvalue weighted by Crippen LogP contribution is 2.22. The Labute approximate surface area is 186 Å². The van der Waals surface area contributed by atoms with Crippen LogP contribution in [0.25, 0.3) is 11.4 Å². The zero-order valence-electron chi connectivity index (χ0n) is 18.2. The number of amides is 2. The summed E-state index contributed by atoms with van der Waals surface area (Å²) >= 11 is 0. The molecule has 1 aliphatic rings. The van der Waals surface area contributed by atoms with Gasteiger partial charge in [-0.15, -0.1) is 0 Å². The van der Waals surface area contributed by atoms with Gasteiger partial charge in [0.2, 0.25) is 5.91 Å². The third kappa shape index (κ3) is 4.61. The van der Waals surface area contributed by atoms with Gasteiger partial charge in [-0.3, -0.25) is 19.0 Å². The normalized spacial score (nSPS) is 12.9. The van der Waals surface area contributed by atoms with E-state index in [1.54, 1.807) is 0 Å². The third-order valence-corrected chi connectivity index (χ3v) is 5.54. The van der Waals surface area contributed by atoms with Gasteiger partial charge >= 0.3 is 0 Å². The molecule has 164 valence electrons. The molecule has 1 saturated carbocycles. The summed E-state index contributed by atoms with van der Waals surface area (Å²) in [4.78, 5) is 43.2. The fourth-order valence-electron chi connectivity index (χ4n) is 3.63. The maximum absolute atomic E-state index is 13.3. The quantitative estimate of drug-likeness (QED) is 0.601. The summed E-state index contributed by atoms with van der Waals surface area (Å²) in [5.74, 6) is -0.463. The molecule has 1 aromatic heterocycles. The van der Waals surface area contributed by atoms with Crippen molar-refractivity contribution in [3.63, 3.8) is 0 Å². The van der Waals surface area contributed by atoms with E-state index in [1.807, 2.05) is 62.4 Å². The molecule has 1 heterocycles. The molecule has 3 aromatic rings. The zero-order valence-corrected chi connectivity index (χ0v) is 18.2. The minimum Gasteiger partial charge on any atom is -0.349 e. The molecule has 0 bridgehead atoms. The molecule has 2 N–H and O–H groups in total. The van der Waals surface area contributed by atoms with Crippen LogP contribution in [0.15, 0.2) is 59.5 Å². The van der Waals surface area contributed by atoms with Gasteiger partial charge in [-0.2, -0.15) is 0 Å². The van der Waals surface area contributed by atoms with E-state index in [0.29, 0.717) is 11.4 Å². The van der Waals surface area contributed by atoms with Gasteiger partial charge in [0, 0.05) is 23.5 Å². The summed E-state index contributed by atoms with van der Waals surface area (Å²) in [5.41, 5.74) is 2.82. The largest absolute Gasteiger partial charge is 0.349 e. The van der Waals surface area contributed by atoms with E-state index in [0.717, 1.165) is 36.1 Å². The van der Waals surface area contributed by atoms with Crippen molar-refractivity contribution in [1.29, 1.82) is 0 Å². The number of anilines is 1. The molecule has 0 radical (unpaired) electrons. The van der Waals surface area contributed by atoms with Crippen molar-refractivity contribution in [2.75, 3.05) is 5.32 Å². The maximum atomic E-state index is 13.3. The van der Waals surface area contributed by atoms with Crippen molar-refractivity contribution in [1.82, 2.24) is 14.9 Å². The molecule has 1 fully saturated rings.